The average molecular weight is 558 g/mol. The Hall–Kier alpha value is 4.27. The van der Waals surface area contributed by atoms with Gasteiger partial charge in [-0.3, -0.25) is 0 Å². The molecule has 0 saturated carbocycles. The first kappa shape index (κ1) is 48.4. The minimum absolute atomic E-state index is 0. The fourth-order valence-electron chi connectivity index (χ4n) is 0. The first-order valence-corrected chi connectivity index (χ1v) is 0. The third-order valence-corrected chi connectivity index (χ3v) is 0. The van der Waals surface area contributed by atoms with Gasteiger partial charge in [-0.05, 0) is 0 Å². The van der Waals surface area contributed by atoms with Crippen molar-refractivity contribution >= 4 is 47.8 Å². The topological polar surface area (TPSA) is 63.0 Å². The molecule has 0 atom stereocenters. The summed E-state index contributed by atoms with van der Waals surface area (Å²) in [7, 11) is 0. The van der Waals surface area contributed by atoms with Gasteiger partial charge in [-0.25, -0.2) is 0 Å². The second kappa shape index (κ2) is 34.8. The summed E-state index contributed by atoms with van der Waals surface area (Å²) >= 11 is 0. The summed E-state index contributed by atoms with van der Waals surface area (Å²) in [6.45, 7) is 0. The van der Waals surface area contributed by atoms with Gasteiger partial charge in [-0.15, -0.1) is 0 Å². The number of hydrogen-bond acceptors (Lipinski definition) is 0. The molecule has 0 heterocycles. The summed E-state index contributed by atoms with van der Waals surface area (Å²) in [6, 6.07) is 0. The van der Waals surface area contributed by atoms with Crippen LogP contribution < -0.4 is 0 Å². The van der Waals surface area contributed by atoms with Crippen molar-refractivity contribution in [2.75, 3.05) is 0 Å². The molecular weight excluding hydrogens is 550 g/mol. The van der Waals surface area contributed by atoms with Crippen molar-refractivity contribution in [3.05, 3.63) is 0 Å². The molecule has 0 rings (SSSR count). The molecule has 0 aliphatic rings. The summed E-state index contributed by atoms with van der Waals surface area (Å²) in [5, 5.41) is 0. The molecule has 6 heteroatoms. The molecule has 0 saturated heterocycles. The standard InChI is InChI=1S/2Ce.2H2O.2Sn.4H/h;;2*1H2;;;;;;. The first-order chi connectivity index (χ1) is 0. The molecule has 0 spiro atoms. The van der Waals surface area contributed by atoms with Crippen LogP contribution in [0.3, 0.4) is 0 Å². The molecule has 0 aromatic heterocycles. The summed E-state index contributed by atoms with van der Waals surface area (Å²) in [6.07, 6.45) is 0. The van der Waals surface area contributed by atoms with Crippen LogP contribution in [0.5, 0.6) is 0 Å². The van der Waals surface area contributed by atoms with Crippen molar-refractivity contribution in [2.45, 2.75) is 0 Å². The zero-order valence-corrected chi connectivity index (χ0v) is 17.8. The SMILES string of the molecule is O.O.[Ce].[Ce].[SnH2].[SnH2]. The quantitative estimate of drug-likeness (QED) is 0.278. The number of hydrogen-bond donors (Lipinski definition) is 0. The van der Waals surface area contributed by atoms with Gasteiger partial charge in [0.1, 0.15) is 0 Å². The Morgan fingerprint density at radius 3 is 0.500 bits per heavy atom. The van der Waals surface area contributed by atoms with E-state index in [-0.39, 0.29) is 142 Å². The van der Waals surface area contributed by atoms with Gasteiger partial charge in [0.05, 0.1) is 0 Å². The van der Waals surface area contributed by atoms with Crippen LogP contribution in [0.4, 0.5) is 0 Å². The molecule has 0 bridgehead atoms. The normalized spacial score (nSPS) is 0. The predicted octanol–water partition coefficient (Wildman–Crippen LogP) is -3.48. The molecule has 0 aromatic carbocycles. The monoisotopic (exact) mass is 560 g/mol. The molecule has 36 valence electrons. The van der Waals surface area contributed by atoms with Crippen LogP contribution >= 0.6 is 0 Å². The molecule has 6 heavy (non-hydrogen) atoms. The van der Waals surface area contributed by atoms with E-state index < -0.39 is 0 Å². The Kier molecular flexibility index (Phi) is 280. The molecule has 0 aromatic rings. The molecule has 0 fully saturated rings. The Morgan fingerprint density at radius 2 is 0.500 bits per heavy atom. The van der Waals surface area contributed by atoms with E-state index in [1.165, 1.54) is 0 Å². The molecule has 0 aliphatic heterocycles. The molecular formula is H8Ce2O2Sn2. The van der Waals surface area contributed by atoms with Crippen molar-refractivity contribution in [3.8, 4) is 0 Å². The molecule has 4 radical (unpaired) electrons. The Balaban J connectivity index is 0. The van der Waals surface area contributed by atoms with Gasteiger partial charge in [0.15, 0.2) is 0 Å². The Morgan fingerprint density at radius 1 is 0.500 bits per heavy atom. The van der Waals surface area contributed by atoms with E-state index in [1.807, 2.05) is 0 Å². The summed E-state index contributed by atoms with van der Waals surface area (Å²) < 4.78 is 0. The van der Waals surface area contributed by atoms with E-state index in [1.54, 1.807) is 0 Å². The van der Waals surface area contributed by atoms with Crippen LogP contribution in [0.15, 0.2) is 0 Å². The van der Waals surface area contributed by atoms with Crippen molar-refractivity contribution in [3.63, 3.8) is 0 Å². The van der Waals surface area contributed by atoms with Crippen LogP contribution in [0, 0.1) is 83.5 Å². The van der Waals surface area contributed by atoms with Crippen molar-refractivity contribution in [1.29, 1.82) is 0 Å². The molecule has 0 amide bonds. The fourth-order valence-corrected chi connectivity index (χ4v) is 0. The van der Waals surface area contributed by atoms with Crippen LogP contribution in [-0.2, 0) is 0 Å². The van der Waals surface area contributed by atoms with Crippen LogP contribution in [0.25, 0.3) is 0 Å². The van der Waals surface area contributed by atoms with Crippen molar-refractivity contribution in [1.82, 2.24) is 0 Å². The van der Waals surface area contributed by atoms with Gasteiger partial charge in [0.2, 0.25) is 0 Å². The summed E-state index contributed by atoms with van der Waals surface area (Å²) in [5.74, 6) is 0. The maximum atomic E-state index is 0. The van der Waals surface area contributed by atoms with Gasteiger partial charge < -0.3 is 11.0 Å². The van der Waals surface area contributed by atoms with Crippen LogP contribution in [0.1, 0.15) is 0 Å². The van der Waals surface area contributed by atoms with Crippen LogP contribution in [0.2, 0.25) is 0 Å². The van der Waals surface area contributed by atoms with E-state index in [9.17, 15) is 0 Å². The van der Waals surface area contributed by atoms with Gasteiger partial charge in [-0.1, -0.05) is 0 Å². The second-order valence-electron chi connectivity index (χ2n) is 0. The van der Waals surface area contributed by atoms with Gasteiger partial charge in [0, 0.05) is 83.5 Å². The zero-order chi connectivity index (χ0) is 0. The maximum absolute atomic E-state index is 0. The van der Waals surface area contributed by atoms with Crippen LogP contribution in [-0.4, -0.2) is 58.8 Å². The predicted molar refractivity (Wildman–Crippen MR) is 24.3 cm³/mol. The van der Waals surface area contributed by atoms with E-state index >= 15 is 0 Å². The first-order valence-electron chi connectivity index (χ1n) is 0. The van der Waals surface area contributed by atoms with E-state index in [0.29, 0.717) is 0 Å². The molecule has 4 N–H and O–H groups in total. The summed E-state index contributed by atoms with van der Waals surface area (Å²) in [5.41, 5.74) is 0. The molecule has 2 nitrogen and oxygen atoms in total. The number of rotatable bonds is 0. The van der Waals surface area contributed by atoms with Gasteiger partial charge >= 0.3 is 47.8 Å². The fraction of sp³-hybridized carbons (Fsp3) is 0. The van der Waals surface area contributed by atoms with Gasteiger partial charge in [0.25, 0.3) is 0 Å². The minimum atomic E-state index is 0. The van der Waals surface area contributed by atoms with Crippen molar-refractivity contribution in [2.24, 2.45) is 0 Å². The van der Waals surface area contributed by atoms with E-state index in [0.717, 1.165) is 0 Å². The van der Waals surface area contributed by atoms with Crippen molar-refractivity contribution < 1.29 is 94.4 Å². The third kappa shape index (κ3) is 24.0. The average Bonchev–Trinajstić information content (AvgIpc) is 0. The molecule has 0 unspecified atom stereocenters. The second-order valence-corrected chi connectivity index (χ2v) is 0. The Bertz CT molecular complexity index is 9.51. The summed E-state index contributed by atoms with van der Waals surface area (Å²) in [4.78, 5) is 0. The zero-order valence-electron chi connectivity index (χ0n) is 3.41. The van der Waals surface area contributed by atoms with E-state index in [2.05, 4.69) is 0 Å². The Labute approximate surface area is 138 Å². The van der Waals surface area contributed by atoms with Gasteiger partial charge in [-0.2, -0.15) is 0 Å². The van der Waals surface area contributed by atoms with E-state index in [4.69, 9.17) is 0 Å². The third-order valence-electron chi connectivity index (χ3n) is 0. The molecule has 0 aliphatic carbocycles.